The molecule has 142 valence electrons. The summed E-state index contributed by atoms with van der Waals surface area (Å²) in [5.74, 6) is -1.04. The molecule has 0 aliphatic carbocycles. The normalized spacial score (nSPS) is 14.7. The number of alkyl halides is 6. The number of hydrogen-bond donors (Lipinski definition) is 1. The zero-order valence-electron chi connectivity index (χ0n) is 13.2. The van der Waals surface area contributed by atoms with Crippen molar-refractivity contribution < 1.29 is 40.6 Å². The predicted octanol–water partition coefficient (Wildman–Crippen LogP) is 3.69. The number of ether oxygens (including phenoxy) is 2. The maximum Gasteiger partial charge on any atom is 0.411 e. The Balaban J connectivity index is 2.82. The number of nitrogens with two attached hydrogens (primary N) is 1. The second kappa shape index (κ2) is 7.94. The van der Waals surface area contributed by atoms with Crippen LogP contribution in [-0.4, -0.2) is 32.0 Å². The summed E-state index contributed by atoms with van der Waals surface area (Å²) in [4.78, 5) is 11.3. The second-order valence-corrected chi connectivity index (χ2v) is 5.31. The topological polar surface area (TPSA) is 61.5 Å². The van der Waals surface area contributed by atoms with Crippen molar-refractivity contribution in [3.63, 3.8) is 0 Å². The number of hydrogen-bond acceptors (Lipinski definition) is 4. The van der Waals surface area contributed by atoms with Crippen LogP contribution in [0.25, 0.3) is 0 Å². The van der Waals surface area contributed by atoms with Gasteiger partial charge in [-0.2, -0.15) is 26.3 Å². The van der Waals surface area contributed by atoms with E-state index in [1.165, 1.54) is 0 Å². The summed E-state index contributed by atoms with van der Waals surface area (Å²) in [7, 11) is 0.941. The van der Waals surface area contributed by atoms with Crippen LogP contribution >= 0.6 is 0 Å². The van der Waals surface area contributed by atoms with Crippen molar-refractivity contribution in [1.82, 2.24) is 0 Å². The lowest BCUT2D eigenvalue weighted by Gasteiger charge is -2.31. The second-order valence-electron chi connectivity index (χ2n) is 5.31. The van der Waals surface area contributed by atoms with E-state index in [-0.39, 0.29) is 18.8 Å². The van der Waals surface area contributed by atoms with Crippen molar-refractivity contribution >= 4 is 5.97 Å². The van der Waals surface area contributed by atoms with Crippen LogP contribution in [0, 0.1) is 0 Å². The van der Waals surface area contributed by atoms with Gasteiger partial charge in [-0.3, -0.25) is 4.79 Å². The summed E-state index contributed by atoms with van der Waals surface area (Å²) < 4.78 is 85.1. The highest BCUT2D eigenvalue weighted by Crippen LogP contribution is 2.40. The first-order valence-corrected chi connectivity index (χ1v) is 7.11. The Morgan fingerprint density at radius 1 is 1.08 bits per heavy atom. The molecule has 1 aromatic carbocycles. The minimum absolute atomic E-state index is 0.0912. The molecule has 0 amide bonds. The van der Waals surface area contributed by atoms with Crippen LogP contribution in [0.4, 0.5) is 26.3 Å². The van der Waals surface area contributed by atoms with Gasteiger partial charge < -0.3 is 15.2 Å². The highest BCUT2D eigenvalue weighted by Gasteiger charge is 2.54. The minimum Gasteiger partial charge on any atom is -0.494 e. The minimum atomic E-state index is -4.92. The van der Waals surface area contributed by atoms with Gasteiger partial charge in [0.2, 0.25) is 0 Å². The van der Waals surface area contributed by atoms with Crippen LogP contribution in [-0.2, 0) is 15.1 Å². The third-order valence-electron chi connectivity index (χ3n) is 3.40. The number of methoxy groups -OCH3 is 1. The van der Waals surface area contributed by atoms with Crippen LogP contribution in [0.5, 0.6) is 5.75 Å². The van der Waals surface area contributed by atoms with E-state index in [1.807, 2.05) is 0 Å². The Morgan fingerprint density at radius 2 is 1.64 bits per heavy atom. The molecular weight excluding hydrogens is 356 g/mol. The summed E-state index contributed by atoms with van der Waals surface area (Å²) in [6.45, 7) is -0.242. The van der Waals surface area contributed by atoms with Gasteiger partial charge in [-0.05, 0) is 24.1 Å². The highest BCUT2D eigenvalue weighted by atomic mass is 19.4. The third kappa shape index (κ3) is 6.11. The first kappa shape index (κ1) is 21.1. The van der Waals surface area contributed by atoms with Crippen molar-refractivity contribution in [2.24, 2.45) is 5.73 Å². The van der Waals surface area contributed by atoms with Crippen molar-refractivity contribution in [3.8, 4) is 5.75 Å². The Kier molecular flexibility index (Phi) is 6.69. The average Bonchev–Trinajstić information content (AvgIpc) is 2.50. The van der Waals surface area contributed by atoms with Gasteiger partial charge in [-0.25, -0.2) is 0 Å². The molecule has 0 aromatic heterocycles. The molecule has 4 nitrogen and oxygen atoms in total. The number of carbonyl (C=O) groups excluding carboxylic acids is 1. The molecule has 1 aromatic rings. The molecule has 0 fully saturated rings. The maximum absolute atomic E-state index is 13.3. The molecule has 0 bridgehead atoms. The molecule has 2 N–H and O–H groups in total. The summed E-state index contributed by atoms with van der Waals surface area (Å²) >= 11 is 0. The van der Waals surface area contributed by atoms with E-state index in [1.54, 1.807) is 0 Å². The fraction of sp³-hybridized carbons (Fsp3) is 0.533. The van der Waals surface area contributed by atoms with Gasteiger partial charge in [0.25, 0.3) is 0 Å². The average molecular weight is 373 g/mol. The van der Waals surface area contributed by atoms with E-state index in [4.69, 9.17) is 10.5 Å². The number of carbonyl (C=O) groups is 1. The van der Waals surface area contributed by atoms with E-state index >= 15 is 0 Å². The van der Waals surface area contributed by atoms with E-state index in [9.17, 15) is 31.1 Å². The summed E-state index contributed by atoms with van der Waals surface area (Å²) in [6.07, 6.45) is -11.6. The fourth-order valence-corrected chi connectivity index (χ4v) is 1.98. The fourth-order valence-electron chi connectivity index (χ4n) is 1.98. The Labute approximate surface area is 139 Å². The van der Waals surface area contributed by atoms with E-state index < -0.39 is 42.3 Å². The smallest absolute Gasteiger partial charge is 0.411 e. The number of halogens is 6. The molecule has 0 aliphatic rings. The monoisotopic (exact) mass is 373 g/mol. The van der Waals surface area contributed by atoms with Gasteiger partial charge in [0, 0.05) is 6.42 Å². The van der Waals surface area contributed by atoms with E-state index in [0.29, 0.717) is 0 Å². The summed E-state index contributed by atoms with van der Waals surface area (Å²) in [5, 5.41) is 0. The van der Waals surface area contributed by atoms with Crippen LogP contribution in [0.3, 0.4) is 0 Å². The van der Waals surface area contributed by atoms with Crippen molar-refractivity contribution in [1.29, 1.82) is 0 Å². The molecule has 0 heterocycles. The standard InChI is InChI=1S/C15H17F6NO3/c1-24-12(23)9-13(22,15(19,20)21)10-3-5-11(6-4-10)25-8-2-7-14(16,17)18/h3-6H,2,7-9,22H2,1H3/t13-/m0/s1. The van der Waals surface area contributed by atoms with Gasteiger partial charge in [-0.15, -0.1) is 0 Å². The largest absolute Gasteiger partial charge is 0.494 e. The van der Waals surface area contributed by atoms with Gasteiger partial charge in [0.1, 0.15) is 11.3 Å². The number of esters is 1. The molecule has 0 unspecified atom stereocenters. The van der Waals surface area contributed by atoms with Crippen LogP contribution < -0.4 is 10.5 Å². The first-order chi connectivity index (χ1) is 11.4. The molecular formula is C15H17F6NO3. The van der Waals surface area contributed by atoms with E-state index in [2.05, 4.69) is 4.74 Å². The molecule has 10 heteroatoms. The molecule has 25 heavy (non-hydrogen) atoms. The molecule has 0 aliphatic heterocycles. The van der Waals surface area contributed by atoms with Gasteiger partial charge in [-0.1, -0.05) is 12.1 Å². The lowest BCUT2D eigenvalue weighted by atomic mass is 9.87. The summed E-state index contributed by atoms with van der Waals surface area (Å²) in [6, 6.07) is 4.31. The number of rotatable bonds is 7. The zero-order valence-corrected chi connectivity index (χ0v) is 13.2. The molecule has 1 rings (SSSR count). The van der Waals surface area contributed by atoms with Crippen molar-refractivity contribution in [3.05, 3.63) is 29.8 Å². The van der Waals surface area contributed by atoms with Crippen molar-refractivity contribution in [2.45, 2.75) is 37.2 Å². The highest BCUT2D eigenvalue weighted by molar-refractivity contribution is 5.71. The lowest BCUT2D eigenvalue weighted by Crippen LogP contribution is -2.52. The Morgan fingerprint density at radius 3 is 2.08 bits per heavy atom. The SMILES string of the molecule is COC(=O)C[C@](N)(c1ccc(OCCCC(F)(F)F)cc1)C(F)(F)F. The first-order valence-electron chi connectivity index (χ1n) is 7.11. The maximum atomic E-state index is 13.3. The van der Waals surface area contributed by atoms with Crippen LogP contribution in [0.1, 0.15) is 24.8 Å². The van der Waals surface area contributed by atoms with Gasteiger partial charge >= 0.3 is 18.3 Å². The zero-order chi connectivity index (χ0) is 19.3. The predicted molar refractivity (Wildman–Crippen MR) is 75.8 cm³/mol. The molecule has 0 radical (unpaired) electrons. The third-order valence-corrected chi connectivity index (χ3v) is 3.40. The Bertz CT molecular complexity index is 570. The van der Waals surface area contributed by atoms with Gasteiger partial charge in [0.15, 0.2) is 0 Å². The quantitative estimate of drug-likeness (QED) is 0.450. The lowest BCUT2D eigenvalue weighted by molar-refractivity contribution is -0.197. The van der Waals surface area contributed by atoms with Crippen molar-refractivity contribution in [2.75, 3.05) is 13.7 Å². The van der Waals surface area contributed by atoms with Crippen LogP contribution in [0.15, 0.2) is 24.3 Å². The van der Waals surface area contributed by atoms with Gasteiger partial charge in [0.05, 0.1) is 20.1 Å². The molecule has 0 saturated carbocycles. The van der Waals surface area contributed by atoms with E-state index in [0.717, 1.165) is 31.4 Å². The molecule has 0 saturated heterocycles. The van der Waals surface area contributed by atoms with Crippen LogP contribution in [0.2, 0.25) is 0 Å². The summed E-state index contributed by atoms with van der Waals surface area (Å²) in [5.41, 5.74) is 2.06. The molecule has 0 spiro atoms. The number of benzene rings is 1. The molecule has 1 atom stereocenters. The Hall–Kier alpha value is -1.97.